The molecule has 0 fully saturated rings. The van der Waals surface area contributed by atoms with Gasteiger partial charge in [0.1, 0.15) is 0 Å². The van der Waals surface area contributed by atoms with E-state index in [1.54, 1.807) is 26.5 Å². The first-order valence-electron chi connectivity index (χ1n) is 5.71. The molecule has 6 heteroatoms. The summed E-state index contributed by atoms with van der Waals surface area (Å²) >= 11 is 0. The summed E-state index contributed by atoms with van der Waals surface area (Å²) in [6, 6.07) is 3.62. The maximum absolute atomic E-state index is 11.5. The molecule has 0 aliphatic carbocycles. The van der Waals surface area contributed by atoms with Crippen molar-refractivity contribution in [3.63, 3.8) is 0 Å². The van der Waals surface area contributed by atoms with Gasteiger partial charge in [0.15, 0.2) is 0 Å². The first-order chi connectivity index (χ1) is 8.76. The Balaban J connectivity index is 2.24. The summed E-state index contributed by atoms with van der Waals surface area (Å²) in [5.41, 5.74) is 0.951. The van der Waals surface area contributed by atoms with Gasteiger partial charge in [-0.15, -0.1) is 0 Å². The van der Waals surface area contributed by atoms with E-state index in [0.29, 0.717) is 25.6 Å². The van der Waals surface area contributed by atoms with Crippen molar-refractivity contribution in [2.75, 3.05) is 33.9 Å². The van der Waals surface area contributed by atoms with Crippen molar-refractivity contribution in [3.8, 4) is 5.88 Å². The molecule has 0 saturated carbocycles. The maximum Gasteiger partial charge on any atom is 0.234 e. The highest BCUT2D eigenvalue weighted by molar-refractivity contribution is 5.77. The Morgan fingerprint density at radius 2 is 2.28 bits per heavy atom. The topological polar surface area (TPSA) is 72.5 Å². The molecule has 100 valence electrons. The van der Waals surface area contributed by atoms with Crippen molar-refractivity contribution in [1.29, 1.82) is 0 Å². The third kappa shape index (κ3) is 5.60. The van der Waals surface area contributed by atoms with E-state index in [4.69, 9.17) is 9.47 Å². The Bertz CT molecular complexity index is 371. The number of carbonyl (C=O) groups excluding carboxylic acids is 1. The van der Waals surface area contributed by atoms with Gasteiger partial charge in [-0.2, -0.15) is 0 Å². The molecule has 2 N–H and O–H groups in total. The molecule has 0 spiro atoms. The predicted molar refractivity (Wildman–Crippen MR) is 67.4 cm³/mol. The van der Waals surface area contributed by atoms with Gasteiger partial charge >= 0.3 is 0 Å². The van der Waals surface area contributed by atoms with Gasteiger partial charge in [0.2, 0.25) is 11.8 Å². The van der Waals surface area contributed by atoms with E-state index in [-0.39, 0.29) is 12.5 Å². The zero-order chi connectivity index (χ0) is 13.2. The number of carbonyl (C=O) groups is 1. The zero-order valence-electron chi connectivity index (χ0n) is 10.7. The van der Waals surface area contributed by atoms with Crippen LogP contribution in [0.1, 0.15) is 5.56 Å². The molecule has 18 heavy (non-hydrogen) atoms. The molecular formula is C12H19N3O3. The molecule has 1 aromatic heterocycles. The van der Waals surface area contributed by atoms with Gasteiger partial charge in [0, 0.05) is 32.5 Å². The third-order valence-electron chi connectivity index (χ3n) is 2.27. The minimum absolute atomic E-state index is 0.0538. The number of nitrogens with zero attached hydrogens (tertiary/aromatic N) is 1. The second kappa shape index (κ2) is 8.43. The first-order valence-corrected chi connectivity index (χ1v) is 5.71. The van der Waals surface area contributed by atoms with E-state index < -0.39 is 0 Å². The van der Waals surface area contributed by atoms with Gasteiger partial charge < -0.3 is 20.1 Å². The van der Waals surface area contributed by atoms with E-state index in [1.165, 1.54) is 0 Å². The lowest BCUT2D eigenvalue weighted by Gasteiger charge is -2.07. The molecule has 0 radical (unpaired) electrons. The van der Waals surface area contributed by atoms with Gasteiger partial charge in [-0.3, -0.25) is 4.79 Å². The smallest absolute Gasteiger partial charge is 0.234 e. The Hall–Kier alpha value is -1.66. The molecule has 0 aliphatic heterocycles. The highest BCUT2D eigenvalue weighted by Crippen LogP contribution is 2.07. The van der Waals surface area contributed by atoms with Crippen LogP contribution in [0.2, 0.25) is 0 Å². The first kappa shape index (κ1) is 14.4. The fourth-order valence-corrected chi connectivity index (χ4v) is 1.31. The summed E-state index contributed by atoms with van der Waals surface area (Å²) in [4.78, 5) is 15.5. The van der Waals surface area contributed by atoms with Crippen LogP contribution < -0.4 is 15.4 Å². The molecule has 0 aliphatic rings. The largest absolute Gasteiger partial charge is 0.481 e. The van der Waals surface area contributed by atoms with Crippen LogP contribution in [0.4, 0.5) is 0 Å². The van der Waals surface area contributed by atoms with Gasteiger partial charge in [0.05, 0.1) is 20.3 Å². The monoisotopic (exact) mass is 253 g/mol. The second-order valence-electron chi connectivity index (χ2n) is 3.65. The Morgan fingerprint density at radius 1 is 1.44 bits per heavy atom. The second-order valence-corrected chi connectivity index (χ2v) is 3.65. The molecule has 1 heterocycles. The quantitative estimate of drug-likeness (QED) is 0.635. The standard InChI is InChI=1S/C12H19N3O3/c1-17-6-5-13-9-11(16)15-8-10-3-4-14-12(7-10)18-2/h3-4,7,13H,5-6,8-9H2,1-2H3,(H,15,16). The lowest BCUT2D eigenvalue weighted by molar-refractivity contribution is -0.120. The maximum atomic E-state index is 11.5. The van der Waals surface area contributed by atoms with Crippen molar-refractivity contribution in [2.24, 2.45) is 0 Å². The Labute approximate surface area is 107 Å². The summed E-state index contributed by atoms with van der Waals surface area (Å²) in [5, 5.41) is 5.77. The average Bonchev–Trinajstić information content (AvgIpc) is 2.41. The number of methoxy groups -OCH3 is 2. The SMILES string of the molecule is COCCNCC(=O)NCc1ccnc(OC)c1. The van der Waals surface area contributed by atoms with E-state index in [1.807, 2.05) is 6.07 Å². The molecular weight excluding hydrogens is 234 g/mol. The van der Waals surface area contributed by atoms with E-state index >= 15 is 0 Å². The van der Waals surface area contributed by atoms with Crippen molar-refractivity contribution in [3.05, 3.63) is 23.9 Å². The summed E-state index contributed by atoms with van der Waals surface area (Å²) in [7, 11) is 3.18. The molecule has 0 atom stereocenters. The number of pyridine rings is 1. The summed E-state index contributed by atoms with van der Waals surface area (Å²) in [6.45, 7) is 2.00. The number of amides is 1. The van der Waals surface area contributed by atoms with Gasteiger partial charge in [-0.05, 0) is 11.6 Å². The highest BCUT2D eigenvalue weighted by Gasteiger charge is 2.01. The Morgan fingerprint density at radius 3 is 3.00 bits per heavy atom. The van der Waals surface area contributed by atoms with Gasteiger partial charge in [-0.25, -0.2) is 4.98 Å². The number of rotatable bonds is 8. The molecule has 0 bridgehead atoms. The van der Waals surface area contributed by atoms with Crippen LogP contribution in [-0.2, 0) is 16.1 Å². The van der Waals surface area contributed by atoms with Crippen LogP contribution >= 0.6 is 0 Å². The van der Waals surface area contributed by atoms with Crippen LogP contribution in [0.3, 0.4) is 0 Å². The lowest BCUT2D eigenvalue weighted by Crippen LogP contribution is -2.34. The van der Waals surface area contributed by atoms with E-state index in [0.717, 1.165) is 5.56 Å². The van der Waals surface area contributed by atoms with Crippen LogP contribution in [0.25, 0.3) is 0 Å². The minimum atomic E-state index is -0.0538. The van der Waals surface area contributed by atoms with Gasteiger partial charge in [-0.1, -0.05) is 0 Å². The Kier molecular flexibility index (Phi) is 6.75. The molecule has 1 amide bonds. The number of ether oxygens (including phenoxy) is 2. The van der Waals surface area contributed by atoms with Crippen molar-refractivity contribution < 1.29 is 14.3 Å². The zero-order valence-corrected chi connectivity index (χ0v) is 10.7. The summed E-state index contributed by atoms with van der Waals surface area (Å²) in [5.74, 6) is 0.488. The molecule has 1 aromatic rings. The summed E-state index contributed by atoms with van der Waals surface area (Å²) in [6.07, 6.45) is 1.65. The lowest BCUT2D eigenvalue weighted by atomic mass is 10.2. The molecule has 6 nitrogen and oxygen atoms in total. The van der Waals surface area contributed by atoms with E-state index in [9.17, 15) is 4.79 Å². The molecule has 0 unspecified atom stereocenters. The number of aromatic nitrogens is 1. The van der Waals surface area contributed by atoms with Gasteiger partial charge in [0.25, 0.3) is 0 Å². The fourth-order valence-electron chi connectivity index (χ4n) is 1.31. The summed E-state index contributed by atoms with van der Waals surface area (Å²) < 4.78 is 9.87. The number of hydrogen-bond acceptors (Lipinski definition) is 5. The van der Waals surface area contributed by atoms with Crippen LogP contribution in [0.5, 0.6) is 5.88 Å². The van der Waals surface area contributed by atoms with E-state index in [2.05, 4.69) is 15.6 Å². The predicted octanol–water partition coefficient (Wildman–Crippen LogP) is -0.0576. The third-order valence-corrected chi connectivity index (χ3v) is 2.27. The van der Waals surface area contributed by atoms with Crippen molar-refractivity contribution in [2.45, 2.75) is 6.54 Å². The molecule has 0 saturated heterocycles. The van der Waals surface area contributed by atoms with Crippen molar-refractivity contribution >= 4 is 5.91 Å². The van der Waals surface area contributed by atoms with Crippen LogP contribution in [-0.4, -0.2) is 44.8 Å². The molecule has 0 aromatic carbocycles. The van der Waals surface area contributed by atoms with Crippen molar-refractivity contribution in [1.82, 2.24) is 15.6 Å². The minimum Gasteiger partial charge on any atom is -0.481 e. The average molecular weight is 253 g/mol. The fraction of sp³-hybridized carbons (Fsp3) is 0.500. The normalized spacial score (nSPS) is 10.1. The number of nitrogens with one attached hydrogen (secondary N) is 2. The highest BCUT2D eigenvalue weighted by atomic mass is 16.5. The molecule has 1 rings (SSSR count). The number of hydrogen-bond donors (Lipinski definition) is 2. The van der Waals surface area contributed by atoms with Crippen LogP contribution in [0.15, 0.2) is 18.3 Å². The van der Waals surface area contributed by atoms with Crippen LogP contribution in [0, 0.1) is 0 Å².